The van der Waals surface area contributed by atoms with Crippen LogP contribution in [-0.4, -0.2) is 52.8 Å². The molecule has 1 atom stereocenters. The number of rotatable bonds is 5. The van der Waals surface area contributed by atoms with Crippen LogP contribution >= 0.6 is 11.8 Å². The first-order valence-corrected chi connectivity index (χ1v) is 9.06. The number of aliphatic imine (C=N–C) groups is 1. The lowest BCUT2D eigenvalue weighted by Crippen LogP contribution is -2.36. The number of nitrogens with zero attached hydrogens (tertiary/aromatic N) is 2. The van der Waals surface area contributed by atoms with Crippen molar-refractivity contribution in [1.29, 1.82) is 0 Å². The summed E-state index contributed by atoms with van der Waals surface area (Å²) in [6, 6.07) is 6.47. The van der Waals surface area contributed by atoms with Crippen molar-refractivity contribution in [2.75, 3.05) is 25.0 Å². The Bertz CT molecular complexity index is 717. The van der Waals surface area contributed by atoms with Crippen molar-refractivity contribution in [2.24, 2.45) is 4.99 Å². The highest BCUT2D eigenvalue weighted by Gasteiger charge is 2.39. The molecule has 0 unspecified atom stereocenters. The molecule has 0 bridgehead atoms. The van der Waals surface area contributed by atoms with Gasteiger partial charge >= 0.3 is 5.97 Å². The molecule has 132 valence electrons. The molecule has 0 aliphatic carbocycles. The number of hydrogen-bond acceptors (Lipinski definition) is 6. The van der Waals surface area contributed by atoms with E-state index < -0.39 is 11.2 Å². The van der Waals surface area contributed by atoms with E-state index in [1.54, 1.807) is 36.1 Å². The third-order valence-corrected chi connectivity index (χ3v) is 5.07. The van der Waals surface area contributed by atoms with Gasteiger partial charge in [-0.25, -0.2) is 4.79 Å². The first-order valence-electron chi connectivity index (χ1n) is 8.18. The number of benzene rings is 1. The molecule has 8 heteroatoms. The van der Waals surface area contributed by atoms with Crippen LogP contribution in [0.1, 0.15) is 30.1 Å². The Morgan fingerprint density at radius 2 is 2.12 bits per heavy atom. The summed E-state index contributed by atoms with van der Waals surface area (Å²) in [7, 11) is 0. The highest BCUT2D eigenvalue weighted by molar-refractivity contribution is 8.15. The van der Waals surface area contributed by atoms with Gasteiger partial charge < -0.3 is 10.1 Å². The molecule has 2 heterocycles. The number of amidine groups is 1. The molecule has 2 aliphatic heterocycles. The summed E-state index contributed by atoms with van der Waals surface area (Å²) < 4.78 is 4.91. The fraction of sp³-hybridized carbons (Fsp3) is 0.412. The second-order valence-corrected chi connectivity index (χ2v) is 6.83. The van der Waals surface area contributed by atoms with E-state index in [-0.39, 0.29) is 18.2 Å². The number of amides is 2. The molecule has 3 rings (SSSR count). The minimum atomic E-state index is -0.421. The van der Waals surface area contributed by atoms with E-state index >= 15 is 0 Å². The SMILES string of the molecule is CCOC(=O)c1ccc(NC(=O)C[C@H]2SC3=NCCCN3C2=O)cc1. The summed E-state index contributed by atoms with van der Waals surface area (Å²) in [5.74, 6) is -0.683. The van der Waals surface area contributed by atoms with Crippen molar-refractivity contribution in [3.63, 3.8) is 0 Å². The average Bonchev–Trinajstić information content (AvgIpc) is 2.92. The van der Waals surface area contributed by atoms with Crippen LogP contribution in [0.15, 0.2) is 29.3 Å². The van der Waals surface area contributed by atoms with Crippen molar-refractivity contribution < 1.29 is 19.1 Å². The largest absolute Gasteiger partial charge is 0.462 e. The highest BCUT2D eigenvalue weighted by atomic mass is 32.2. The number of nitrogens with one attached hydrogen (secondary N) is 1. The van der Waals surface area contributed by atoms with E-state index in [1.807, 2.05) is 0 Å². The fourth-order valence-electron chi connectivity index (χ4n) is 2.65. The van der Waals surface area contributed by atoms with Crippen molar-refractivity contribution in [1.82, 2.24) is 4.90 Å². The minimum Gasteiger partial charge on any atom is -0.462 e. The van der Waals surface area contributed by atoms with Gasteiger partial charge in [-0.1, -0.05) is 11.8 Å². The van der Waals surface area contributed by atoms with Gasteiger partial charge in [-0.3, -0.25) is 19.5 Å². The minimum absolute atomic E-state index is 0.0451. The predicted molar refractivity (Wildman–Crippen MR) is 95.7 cm³/mol. The zero-order valence-corrected chi connectivity index (χ0v) is 14.7. The second kappa shape index (κ2) is 7.69. The van der Waals surface area contributed by atoms with E-state index in [4.69, 9.17) is 4.74 Å². The lowest BCUT2D eigenvalue weighted by molar-refractivity contribution is -0.128. The normalized spacial score (nSPS) is 19.2. The van der Waals surface area contributed by atoms with Crippen LogP contribution in [0, 0.1) is 0 Å². The summed E-state index contributed by atoms with van der Waals surface area (Å²) in [4.78, 5) is 42.1. The molecule has 2 amide bonds. The Labute approximate surface area is 149 Å². The highest BCUT2D eigenvalue weighted by Crippen LogP contribution is 2.31. The van der Waals surface area contributed by atoms with Gasteiger partial charge in [0.05, 0.1) is 12.2 Å². The van der Waals surface area contributed by atoms with Crippen LogP contribution in [0.5, 0.6) is 0 Å². The number of thioether (sulfide) groups is 1. The Kier molecular flexibility index (Phi) is 5.37. The van der Waals surface area contributed by atoms with Crippen LogP contribution in [0.4, 0.5) is 5.69 Å². The van der Waals surface area contributed by atoms with Crippen LogP contribution < -0.4 is 5.32 Å². The maximum absolute atomic E-state index is 12.3. The Morgan fingerprint density at radius 1 is 1.36 bits per heavy atom. The molecule has 1 fully saturated rings. The van der Waals surface area contributed by atoms with Crippen LogP contribution in [0.25, 0.3) is 0 Å². The first-order chi connectivity index (χ1) is 12.1. The third-order valence-electron chi connectivity index (χ3n) is 3.86. The lowest BCUT2D eigenvalue weighted by atomic mass is 10.2. The lowest BCUT2D eigenvalue weighted by Gasteiger charge is -2.19. The molecule has 0 spiro atoms. The van der Waals surface area contributed by atoms with Gasteiger partial charge in [-0.2, -0.15) is 0 Å². The predicted octanol–water partition coefficient (Wildman–Crippen LogP) is 1.90. The molecule has 25 heavy (non-hydrogen) atoms. The average molecular weight is 361 g/mol. The van der Waals surface area contributed by atoms with E-state index in [0.29, 0.717) is 24.4 Å². The summed E-state index contributed by atoms with van der Waals surface area (Å²) in [5, 5.41) is 3.06. The molecule has 2 aliphatic rings. The van der Waals surface area contributed by atoms with Crippen LogP contribution in [0.2, 0.25) is 0 Å². The van der Waals surface area contributed by atoms with Gasteiger partial charge in [0.25, 0.3) is 0 Å². The Balaban J connectivity index is 1.56. The Morgan fingerprint density at radius 3 is 2.80 bits per heavy atom. The number of anilines is 1. The number of hydrogen-bond donors (Lipinski definition) is 1. The quantitative estimate of drug-likeness (QED) is 0.809. The summed E-state index contributed by atoms with van der Waals surface area (Å²) >= 11 is 1.36. The van der Waals surface area contributed by atoms with Crippen molar-refractivity contribution >= 4 is 40.4 Å². The molecular weight excluding hydrogens is 342 g/mol. The molecule has 1 aromatic carbocycles. The number of carbonyl (C=O) groups excluding carboxylic acids is 3. The van der Waals surface area contributed by atoms with E-state index in [1.165, 1.54) is 11.8 Å². The molecule has 1 N–H and O–H groups in total. The van der Waals surface area contributed by atoms with Gasteiger partial charge in [0.15, 0.2) is 5.17 Å². The maximum atomic E-state index is 12.3. The molecule has 0 saturated carbocycles. The van der Waals surface area contributed by atoms with E-state index in [2.05, 4.69) is 10.3 Å². The van der Waals surface area contributed by atoms with Gasteiger partial charge in [0, 0.05) is 25.2 Å². The summed E-state index contributed by atoms with van der Waals surface area (Å²) in [6.45, 7) is 3.47. The summed E-state index contributed by atoms with van der Waals surface area (Å²) in [5.41, 5.74) is 1.000. The van der Waals surface area contributed by atoms with Crippen LogP contribution in [-0.2, 0) is 14.3 Å². The monoisotopic (exact) mass is 361 g/mol. The molecule has 1 saturated heterocycles. The standard InChI is InChI=1S/C17H19N3O4S/c1-2-24-16(23)11-4-6-12(7-5-11)19-14(21)10-13-15(22)20-9-3-8-18-17(20)25-13/h4-7,13H,2-3,8-10H2,1H3,(H,19,21)/t13-/m1/s1. The molecular formula is C17H19N3O4S. The number of ether oxygens (including phenoxy) is 1. The summed E-state index contributed by atoms with van der Waals surface area (Å²) in [6.07, 6.45) is 0.959. The van der Waals surface area contributed by atoms with Crippen molar-refractivity contribution in [3.05, 3.63) is 29.8 Å². The smallest absolute Gasteiger partial charge is 0.338 e. The number of esters is 1. The third kappa shape index (κ3) is 4.01. The second-order valence-electron chi connectivity index (χ2n) is 5.66. The van der Waals surface area contributed by atoms with Crippen LogP contribution in [0.3, 0.4) is 0 Å². The molecule has 1 aromatic rings. The van der Waals surface area contributed by atoms with E-state index in [0.717, 1.165) is 18.1 Å². The topological polar surface area (TPSA) is 88.1 Å². The number of carbonyl (C=O) groups is 3. The zero-order valence-electron chi connectivity index (χ0n) is 13.9. The maximum Gasteiger partial charge on any atom is 0.338 e. The van der Waals surface area contributed by atoms with Gasteiger partial charge in [0.1, 0.15) is 5.25 Å². The number of fused-ring (bicyclic) bond motifs is 1. The molecule has 0 radical (unpaired) electrons. The van der Waals surface area contributed by atoms with Gasteiger partial charge in [-0.15, -0.1) is 0 Å². The first kappa shape index (κ1) is 17.5. The van der Waals surface area contributed by atoms with Gasteiger partial charge in [0.2, 0.25) is 11.8 Å². The van der Waals surface area contributed by atoms with E-state index in [9.17, 15) is 14.4 Å². The Hall–Kier alpha value is -2.35. The fourth-order valence-corrected chi connectivity index (χ4v) is 3.85. The molecule has 0 aromatic heterocycles. The van der Waals surface area contributed by atoms with Crippen molar-refractivity contribution in [2.45, 2.75) is 25.0 Å². The van der Waals surface area contributed by atoms with Gasteiger partial charge in [-0.05, 0) is 37.6 Å². The van der Waals surface area contributed by atoms with Crippen molar-refractivity contribution in [3.8, 4) is 0 Å². The zero-order chi connectivity index (χ0) is 17.8. The molecule has 7 nitrogen and oxygen atoms in total.